The zero-order valence-corrected chi connectivity index (χ0v) is 44.1. The molecule has 71 heavy (non-hydrogen) atoms. The number of carbonyl (C=O) groups is 6. The number of aliphatic carboxylic acids is 3. The van der Waals surface area contributed by atoms with Gasteiger partial charge in [-0.25, -0.2) is 13.4 Å². The number of benzene rings is 2. The van der Waals surface area contributed by atoms with E-state index in [1.165, 1.54) is 13.1 Å². The van der Waals surface area contributed by atoms with Gasteiger partial charge >= 0.3 is 17.9 Å². The largest absolute Gasteiger partial charge is 0.480 e. The fraction of sp³-hybridized carbons (Fsp3) is 0.478. The maximum Gasteiger partial charge on any atom is 0.317 e. The first-order chi connectivity index (χ1) is 33.2. The number of H-pyrrole nitrogens is 1. The number of hydrogen-bond donors (Lipinski definition) is 8. The van der Waals surface area contributed by atoms with Crippen LogP contribution in [0.3, 0.4) is 0 Å². The molecule has 2 amide bonds. The van der Waals surface area contributed by atoms with Gasteiger partial charge in [-0.05, 0) is 62.9 Å². The van der Waals surface area contributed by atoms with Crippen molar-refractivity contribution in [2.24, 2.45) is 0 Å². The summed E-state index contributed by atoms with van der Waals surface area (Å²) in [6.45, 7) is 7.57. The van der Waals surface area contributed by atoms with Crippen LogP contribution >= 0.6 is 0 Å². The molecule has 25 heteroatoms. The summed E-state index contributed by atoms with van der Waals surface area (Å²) in [6.07, 6.45) is 4.98. The molecule has 3 heterocycles. The van der Waals surface area contributed by atoms with Gasteiger partial charge in [-0.1, -0.05) is 23.8 Å². The normalized spacial score (nSPS) is 15.2. The number of ketones is 1. The number of fused-ring (bicyclic) bond motifs is 1. The number of aromatic nitrogens is 3. The van der Waals surface area contributed by atoms with Crippen LogP contribution in [-0.2, 0) is 79.8 Å². The fourth-order valence-electron chi connectivity index (χ4n) is 8.36. The summed E-state index contributed by atoms with van der Waals surface area (Å²) in [5, 5.41) is 37.4. The predicted molar refractivity (Wildman–Crippen MR) is 258 cm³/mol. The third kappa shape index (κ3) is 18.0. The number of nitrogens with one attached hydrogen (secondary N) is 5. The Hall–Kier alpha value is -5.47. The van der Waals surface area contributed by atoms with Crippen molar-refractivity contribution in [3.63, 3.8) is 0 Å². The summed E-state index contributed by atoms with van der Waals surface area (Å²) < 4.78 is 31.2. The molecule has 5 rings (SSSR count). The number of rotatable bonds is 22. The molecule has 4 aromatic rings. The first-order valence-electron chi connectivity index (χ1n) is 22.8. The summed E-state index contributed by atoms with van der Waals surface area (Å²) in [5.74, 6) is -4.41. The molecule has 1 aliphatic rings. The van der Waals surface area contributed by atoms with Crippen LogP contribution in [0, 0.1) is 20.8 Å². The molecule has 0 aliphatic carbocycles. The number of carboxylic acid groups (broad SMARTS) is 3. The Balaban J connectivity index is 0.0000110. The summed E-state index contributed by atoms with van der Waals surface area (Å²) in [4.78, 5) is 103. The van der Waals surface area contributed by atoms with Crippen molar-refractivity contribution >= 4 is 62.4 Å². The molecule has 1 atom stereocenters. The van der Waals surface area contributed by atoms with Crippen LogP contribution in [0.1, 0.15) is 46.0 Å². The van der Waals surface area contributed by atoms with Crippen LogP contribution in [0.4, 0.5) is 5.95 Å². The Kier molecular flexibility index (Phi) is 22.4. The van der Waals surface area contributed by atoms with E-state index in [0.717, 1.165) is 11.1 Å². The molecule has 1 aliphatic heterocycles. The van der Waals surface area contributed by atoms with E-state index in [-0.39, 0.29) is 146 Å². The average Bonchev–Trinajstić information content (AvgIpc) is 3.80. The molecule has 8 N–H and O–H groups in total. The zero-order valence-electron chi connectivity index (χ0n) is 40.4. The van der Waals surface area contributed by atoms with Gasteiger partial charge in [0.25, 0.3) is 5.91 Å². The Morgan fingerprint density at radius 1 is 0.775 bits per heavy atom. The Labute approximate surface area is 436 Å². The van der Waals surface area contributed by atoms with Crippen molar-refractivity contribution in [2.45, 2.75) is 58.1 Å². The van der Waals surface area contributed by atoms with Gasteiger partial charge in [0.2, 0.25) is 21.4 Å². The van der Waals surface area contributed by atoms with Crippen molar-refractivity contribution in [1.29, 1.82) is 0 Å². The number of aromatic amines is 1. The second kappa shape index (κ2) is 27.4. The second-order valence-electron chi connectivity index (χ2n) is 17.4. The summed E-state index contributed by atoms with van der Waals surface area (Å²) >= 11 is 0. The second-order valence-corrected chi connectivity index (χ2v) is 19.1. The van der Waals surface area contributed by atoms with E-state index in [9.17, 15) is 57.3 Å². The van der Waals surface area contributed by atoms with Gasteiger partial charge in [0.05, 0.1) is 42.6 Å². The SMILES string of the molecule is CC(=O)[C@H](CNC(=O)c1cn(CCCNC(=O)CN2CCN(CC(=O)O)CCN(CC(=O)O)CCN(CC(=O)O)CC2)c2cc(CNc3ncc[nH]3)ccc2c1=O)NS(=O)(=O)c1c(C)cc(C)cc1C.[Y]. The number of carbonyl (C=O) groups excluding carboxylic acids is 3. The molecule has 1 fully saturated rings. The smallest absolute Gasteiger partial charge is 0.317 e. The molecule has 23 nitrogen and oxygen atoms in total. The predicted octanol–water partition coefficient (Wildman–Crippen LogP) is -0.0929. The minimum absolute atomic E-state index is 0. The average molecular weight is 1080 g/mol. The number of anilines is 1. The van der Waals surface area contributed by atoms with Crippen molar-refractivity contribution in [2.75, 3.05) is 96.9 Å². The van der Waals surface area contributed by atoms with Gasteiger partial charge in [0, 0.05) is 135 Å². The van der Waals surface area contributed by atoms with E-state index in [1.54, 1.807) is 80.7 Å². The third-order valence-electron chi connectivity index (χ3n) is 11.7. The van der Waals surface area contributed by atoms with Crippen LogP contribution in [0.5, 0.6) is 0 Å². The fourth-order valence-corrected chi connectivity index (χ4v) is 10.1. The quantitative estimate of drug-likeness (QED) is 0.0477. The number of imidazole rings is 1. The van der Waals surface area contributed by atoms with Gasteiger partial charge in [0.15, 0.2) is 5.95 Å². The van der Waals surface area contributed by atoms with Gasteiger partial charge in [-0.2, -0.15) is 4.72 Å². The Bertz CT molecular complexity index is 2650. The van der Waals surface area contributed by atoms with Crippen LogP contribution in [0.15, 0.2) is 58.6 Å². The number of amides is 2. The van der Waals surface area contributed by atoms with E-state index in [0.29, 0.717) is 35.6 Å². The summed E-state index contributed by atoms with van der Waals surface area (Å²) in [5.41, 5.74) is 2.27. The summed E-state index contributed by atoms with van der Waals surface area (Å²) in [7, 11) is -4.21. The number of sulfonamides is 1. The number of Topliss-reactive ketones (excluding diaryl/α,β-unsaturated/α-hetero) is 1. The third-order valence-corrected chi connectivity index (χ3v) is 13.5. The molecular weight excluding hydrogens is 1020 g/mol. The molecule has 383 valence electrons. The van der Waals surface area contributed by atoms with Gasteiger partial charge in [-0.3, -0.25) is 53.2 Å². The minimum atomic E-state index is -4.21. The van der Waals surface area contributed by atoms with Crippen LogP contribution in [-0.4, -0.2) is 191 Å². The van der Waals surface area contributed by atoms with Crippen LogP contribution in [0.2, 0.25) is 0 Å². The van der Waals surface area contributed by atoms with Crippen molar-refractivity contribution < 1.29 is 85.2 Å². The number of pyridine rings is 1. The molecule has 2 aromatic carbocycles. The van der Waals surface area contributed by atoms with E-state index >= 15 is 0 Å². The maximum atomic E-state index is 14.0. The van der Waals surface area contributed by atoms with Crippen molar-refractivity contribution in [3.05, 3.63) is 87.0 Å². The van der Waals surface area contributed by atoms with E-state index < -0.39 is 57.6 Å². The minimum Gasteiger partial charge on any atom is -0.480 e. The van der Waals surface area contributed by atoms with E-state index in [1.807, 2.05) is 6.92 Å². The zero-order chi connectivity index (χ0) is 51.1. The number of carboxylic acids is 3. The van der Waals surface area contributed by atoms with Crippen LogP contribution in [0.25, 0.3) is 10.9 Å². The van der Waals surface area contributed by atoms with Crippen molar-refractivity contribution in [1.82, 2.24) is 49.5 Å². The molecule has 0 unspecified atom stereocenters. The molecule has 0 saturated carbocycles. The molecule has 1 radical (unpaired) electrons. The van der Waals surface area contributed by atoms with Gasteiger partial charge < -0.3 is 40.8 Å². The molecular formula is C46H63N11O12SY. The Morgan fingerprint density at radius 2 is 1.31 bits per heavy atom. The van der Waals surface area contributed by atoms with Gasteiger partial charge in [0.1, 0.15) is 11.3 Å². The molecule has 0 bridgehead atoms. The van der Waals surface area contributed by atoms with E-state index in [2.05, 4.69) is 30.6 Å². The first kappa shape index (κ1) is 58.1. The molecule has 1 saturated heterocycles. The first-order valence-corrected chi connectivity index (χ1v) is 24.3. The standard InChI is InChI=1S/C46H63N11O12S.Y/c1-30-20-31(2)44(32(3)21-30)70(68,69)52-37(33(4)58)24-50-45(67)36-25-57(38-22-34(6-7-35(38)43(36)66)23-51-46-48-9-10-49-46)11-5-8-47-39(59)26-53-12-14-54(27-40(60)61)16-18-56(29-42(64)65)19-17-55(15-13-53)28-41(62)63;/h6-7,9-10,20-22,25,37,52H,5,8,11-19,23-24,26-29H2,1-4H3,(H,47,59)(H,50,67)(H,60,61)(H,62,63)(H,64,65)(H2,48,49,51);/t37-;/m0./s1. The Morgan fingerprint density at radius 3 is 1.80 bits per heavy atom. The van der Waals surface area contributed by atoms with Gasteiger partial charge in [-0.15, -0.1) is 0 Å². The molecule has 2 aromatic heterocycles. The maximum absolute atomic E-state index is 14.0. The molecule has 0 spiro atoms. The van der Waals surface area contributed by atoms with E-state index in [4.69, 9.17) is 0 Å². The number of aryl methyl sites for hydroxylation is 4. The monoisotopic (exact) mass is 1080 g/mol. The number of hydrogen-bond acceptors (Lipinski definition) is 15. The number of nitrogens with zero attached hydrogens (tertiary/aromatic N) is 6. The van der Waals surface area contributed by atoms with Crippen LogP contribution < -0.4 is 26.1 Å². The van der Waals surface area contributed by atoms with Crippen molar-refractivity contribution in [3.8, 4) is 0 Å². The summed E-state index contributed by atoms with van der Waals surface area (Å²) in [6, 6.07) is 7.21. The topological polar surface area (TPSA) is 309 Å².